The van der Waals surface area contributed by atoms with E-state index in [-0.39, 0.29) is 29.9 Å². The number of esters is 1. The number of nitrogens with zero attached hydrogens (tertiary/aromatic N) is 4. The van der Waals surface area contributed by atoms with Crippen molar-refractivity contribution in [1.82, 2.24) is 20.2 Å². The fraction of sp³-hybridized carbons (Fsp3) is 0.389. The zero-order chi connectivity index (χ0) is 19.5. The number of ether oxygens (including phenoxy) is 1. The van der Waals surface area contributed by atoms with Gasteiger partial charge in [-0.1, -0.05) is 10.3 Å². The molecule has 0 saturated carbocycles. The maximum Gasteiger partial charge on any atom is 0.360 e. The van der Waals surface area contributed by atoms with Gasteiger partial charge in [-0.3, -0.25) is 4.79 Å². The highest BCUT2D eigenvalue weighted by molar-refractivity contribution is 7.10. The Bertz CT molecular complexity index is 956. The molecular weight excluding hydrogens is 384 g/mol. The molecule has 3 aromatic rings. The number of carbonyl (C=O) groups is 2. The Morgan fingerprint density at radius 3 is 2.86 bits per heavy atom. The van der Waals surface area contributed by atoms with Gasteiger partial charge in [0.2, 0.25) is 5.76 Å². The molecule has 10 heteroatoms. The standard InChI is InChI=1S/C18H18N4O5S/c1-2-25-18(24)12-9-15(27-21-12)13-10-28-16(20-13)11-4-7-22(8-5-11)17(23)14-3-6-19-26-14/h3,6,9-11H,2,4-5,7-8H2,1H3. The van der Waals surface area contributed by atoms with Gasteiger partial charge >= 0.3 is 5.97 Å². The number of rotatable bonds is 5. The van der Waals surface area contributed by atoms with Gasteiger partial charge in [-0.2, -0.15) is 0 Å². The Kier molecular flexibility index (Phi) is 5.20. The first kappa shape index (κ1) is 18.4. The topological polar surface area (TPSA) is 112 Å². The summed E-state index contributed by atoms with van der Waals surface area (Å²) in [5.41, 5.74) is 0.772. The van der Waals surface area contributed by atoms with Crippen molar-refractivity contribution in [3.05, 3.63) is 40.2 Å². The van der Waals surface area contributed by atoms with E-state index in [1.54, 1.807) is 17.9 Å². The SMILES string of the molecule is CCOC(=O)c1cc(-c2csc(C3CCN(C(=O)c4ccno4)CC3)n2)on1. The van der Waals surface area contributed by atoms with Crippen molar-refractivity contribution in [2.45, 2.75) is 25.7 Å². The lowest BCUT2D eigenvalue weighted by Gasteiger charge is -2.30. The van der Waals surface area contributed by atoms with Crippen molar-refractivity contribution < 1.29 is 23.4 Å². The lowest BCUT2D eigenvalue weighted by molar-refractivity contribution is 0.0514. The number of likely N-dealkylation sites (tertiary alicyclic amines) is 1. The van der Waals surface area contributed by atoms with Crippen LogP contribution in [0.25, 0.3) is 11.5 Å². The first-order valence-electron chi connectivity index (χ1n) is 8.95. The zero-order valence-corrected chi connectivity index (χ0v) is 16.0. The van der Waals surface area contributed by atoms with Crippen LogP contribution < -0.4 is 0 Å². The molecule has 0 bridgehead atoms. The van der Waals surface area contributed by atoms with Crippen LogP contribution in [0.1, 0.15) is 51.7 Å². The summed E-state index contributed by atoms with van der Waals surface area (Å²) in [7, 11) is 0. The number of aromatic nitrogens is 3. The van der Waals surface area contributed by atoms with E-state index < -0.39 is 5.97 Å². The molecule has 1 aliphatic rings. The summed E-state index contributed by atoms with van der Waals surface area (Å²) in [4.78, 5) is 30.4. The second kappa shape index (κ2) is 7.93. The van der Waals surface area contributed by atoms with Gasteiger partial charge in [0.05, 0.1) is 17.8 Å². The van der Waals surface area contributed by atoms with E-state index in [4.69, 9.17) is 13.8 Å². The van der Waals surface area contributed by atoms with E-state index in [1.807, 2.05) is 5.38 Å². The molecule has 9 nitrogen and oxygen atoms in total. The minimum atomic E-state index is -0.517. The number of hydrogen-bond donors (Lipinski definition) is 0. The predicted molar refractivity (Wildman–Crippen MR) is 97.9 cm³/mol. The largest absolute Gasteiger partial charge is 0.461 e. The van der Waals surface area contributed by atoms with Gasteiger partial charge in [-0.05, 0) is 19.8 Å². The minimum Gasteiger partial charge on any atom is -0.461 e. The molecule has 1 amide bonds. The van der Waals surface area contributed by atoms with Crippen LogP contribution in [0.4, 0.5) is 0 Å². The Balaban J connectivity index is 1.39. The second-order valence-corrected chi connectivity index (χ2v) is 7.20. The van der Waals surface area contributed by atoms with Crippen molar-refractivity contribution in [3.8, 4) is 11.5 Å². The molecule has 3 aromatic heterocycles. The van der Waals surface area contributed by atoms with Gasteiger partial charge in [0.15, 0.2) is 11.5 Å². The predicted octanol–water partition coefficient (Wildman–Crippen LogP) is 2.98. The average molecular weight is 402 g/mol. The Labute approximate surface area is 164 Å². The van der Waals surface area contributed by atoms with Crippen LogP contribution in [0.3, 0.4) is 0 Å². The lowest BCUT2D eigenvalue weighted by atomic mass is 9.97. The number of carbonyl (C=O) groups excluding carboxylic acids is 2. The number of amides is 1. The van der Waals surface area contributed by atoms with Crippen LogP contribution >= 0.6 is 11.3 Å². The molecule has 4 heterocycles. The molecular formula is C18H18N4O5S. The summed E-state index contributed by atoms with van der Waals surface area (Å²) in [5.74, 6) is 0.312. The first-order valence-corrected chi connectivity index (χ1v) is 9.83. The quantitative estimate of drug-likeness (QED) is 0.599. The minimum absolute atomic E-state index is 0.130. The molecule has 0 radical (unpaired) electrons. The fourth-order valence-electron chi connectivity index (χ4n) is 3.10. The van der Waals surface area contributed by atoms with Gasteiger partial charge in [0.25, 0.3) is 5.91 Å². The van der Waals surface area contributed by atoms with Crippen molar-refractivity contribution in [2.75, 3.05) is 19.7 Å². The molecule has 146 valence electrons. The molecule has 0 N–H and O–H groups in total. The zero-order valence-electron chi connectivity index (χ0n) is 15.2. The average Bonchev–Trinajstić information content (AvgIpc) is 3.49. The summed E-state index contributed by atoms with van der Waals surface area (Å²) in [6, 6.07) is 3.11. The molecule has 0 aromatic carbocycles. The smallest absolute Gasteiger partial charge is 0.360 e. The summed E-state index contributed by atoms with van der Waals surface area (Å²) in [5, 5.41) is 10.2. The molecule has 1 aliphatic heterocycles. The van der Waals surface area contributed by atoms with Crippen LogP contribution in [0.5, 0.6) is 0 Å². The van der Waals surface area contributed by atoms with E-state index in [9.17, 15) is 9.59 Å². The normalized spacial score (nSPS) is 15.0. The summed E-state index contributed by atoms with van der Waals surface area (Å²) >= 11 is 1.54. The van der Waals surface area contributed by atoms with Crippen LogP contribution in [0.2, 0.25) is 0 Å². The van der Waals surface area contributed by atoms with Crippen molar-refractivity contribution in [2.24, 2.45) is 0 Å². The van der Waals surface area contributed by atoms with Crippen LogP contribution in [0.15, 0.2) is 32.8 Å². The van der Waals surface area contributed by atoms with Crippen molar-refractivity contribution in [3.63, 3.8) is 0 Å². The van der Waals surface area contributed by atoms with Crippen molar-refractivity contribution >= 4 is 23.2 Å². The third-order valence-electron chi connectivity index (χ3n) is 4.55. The molecule has 4 rings (SSSR count). The highest BCUT2D eigenvalue weighted by Crippen LogP contribution is 2.33. The Morgan fingerprint density at radius 1 is 1.32 bits per heavy atom. The highest BCUT2D eigenvalue weighted by Gasteiger charge is 2.28. The van der Waals surface area contributed by atoms with E-state index in [2.05, 4.69) is 15.3 Å². The second-order valence-electron chi connectivity index (χ2n) is 6.31. The van der Waals surface area contributed by atoms with Crippen LogP contribution in [0, 0.1) is 0 Å². The van der Waals surface area contributed by atoms with E-state index in [0.717, 1.165) is 17.8 Å². The summed E-state index contributed by atoms with van der Waals surface area (Å²) in [6.45, 7) is 3.28. The number of hydrogen-bond acceptors (Lipinski definition) is 9. The Hall–Kier alpha value is -3.01. The molecule has 28 heavy (non-hydrogen) atoms. The number of thiazole rings is 1. The van der Waals surface area contributed by atoms with Gasteiger partial charge in [0.1, 0.15) is 5.69 Å². The van der Waals surface area contributed by atoms with E-state index in [0.29, 0.717) is 24.5 Å². The van der Waals surface area contributed by atoms with E-state index >= 15 is 0 Å². The van der Waals surface area contributed by atoms with Gasteiger partial charge in [-0.25, -0.2) is 9.78 Å². The number of piperidine rings is 1. The van der Waals surface area contributed by atoms with E-state index in [1.165, 1.54) is 23.6 Å². The molecule has 0 atom stereocenters. The fourth-order valence-corrected chi connectivity index (χ4v) is 4.08. The lowest BCUT2D eigenvalue weighted by Crippen LogP contribution is -2.37. The first-order chi connectivity index (χ1) is 13.7. The van der Waals surface area contributed by atoms with Gasteiger partial charge in [0, 0.05) is 36.5 Å². The Morgan fingerprint density at radius 2 is 2.14 bits per heavy atom. The third kappa shape index (κ3) is 3.68. The molecule has 0 unspecified atom stereocenters. The monoisotopic (exact) mass is 402 g/mol. The molecule has 0 spiro atoms. The maximum absolute atomic E-state index is 12.3. The van der Waals surface area contributed by atoms with Gasteiger partial charge < -0.3 is 18.7 Å². The van der Waals surface area contributed by atoms with Crippen LogP contribution in [-0.2, 0) is 4.74 Å². The summed E-state index contributed by atoms with van der Waals surface area (Å²) < 4.78 is 15.1. The van der Waals surface area contributed by atoms with Crippen LogP contribution in [-0.4, -0.2) is 51.8 Å². The van der Waals surface area contributed by atoms with Gasteiger partial charge in [-0.15, -0.1) is 11.3 Å². The maximum atomic E-state index is 12.3. The molecule has 1 fully saturated rings. The molecule has 0 aliphatic carbocycles. The van der Waals surface area contributed by atoms with Crippen molar-refractivity contribution in [1.29, 1.82) is 0 Å². The summed E-state index contributed by atoms with van der Waals surface area (Å²) in [6.07, 6.45) is 3.10. The third-order valence-corrected chi connectivity index (χ3v) is 5.56. The highest BCUT2D eigenvalue weighted by atomic mass is 32.1. The molecule has 1 saturated heterocycles.